The van der Waals surface area contributed by atoms with E-state index in [0.717, 1.165) is 5.56 Å². The Morgan fingerprint density at radius 3 is 2.25 bits per heavy atom. The number of halogens is 3. The Balaban J connectivity index is 2.13. The van der Waals surface area contributed by atoms with Gasteiger partial charge in [0.15, 0.2) is 0 Å². The maximum Gasteiger partial charge on any atom is 0.262 e. The van der Waals surface area contributed by atoms with Gasteiger partial charge in [-0.1, -0.05) is 53.5 Å². The van der Waals surface area contributed by atoms with E-state index in [0.29, 0.717) is 20.2 Å². The van der Waals surface area contributed by atoms with Crippen LogP contribution in [0.2, 0.25) is 10.0 Å². The molecule has 1 amide bonds. The fourth-order valence-electron chi connectivity index (χ4n) is 1.58. The van der Waals surface area contributed by atoms with Gasteiger partial charge >= 0.3 is 0 Å². The molecule has 0 fully saturated rings. The zero-order chi connectivity index (χ0) is 14.5. The summed E-state index contributed by atoms with van der Waals surface area (Å²) in [7, 11) is 0. The number of hydrogen-bond donors (Lipinski definition) is 1. The Morgan fingerprint density at radius 2 is 1.65 bits per heavy atom. The number of hydrogen-bond acceptors (Lipinski definition) is 1. The van der Waals surface area contributed by atoms with E-state index < -0.39 is 0 Å². The van der Waals surface area contributed by atoms with Crippen LogP contribution in [0.15, 0.2) is 53.0 Å². The number of rotatable bonds is 3. The minimum atomic E-state index is -0.271. The van der Waals surface area contributed by atoms with Crippen molar-refractivity contribution in [1.29, 1.82) is 0 Å². The van der Waals surface area contributed by atoms with E-state index in [1.165, 1.54) is 0 Å². The lowest BCUT2D eigenvalue weighted by Gasteiger charge is -2.06. The van der Waals surface area contributed by atoms with E-state index in [2.05, 4.69) is 21.2 Å². The largest absolute Gasteiger partial charge is 0.321 e. The van der Waals surface area contributed by atoms with Crippen molar-refractivity contribution in [2.45, 2.75) is 0 Å². The lowest BCUT2D eigenvalue weighted by Crippen LogP contribution is -2.11. The number of anilines is 1. The second-order valence-electron chi connectivity index (χ2n) is 4.02. The third-order valence-corrected chi connectivity index (χ3v) is 3.46. The zero-order valence-electron chi connectivity index (χ0n) is 10.2. The molecule has 0 heterocycles. The lowest BCUT2D eigenvalue weighted by molar-refractivity contribution is -0.112. The van der Waals surface area contributed by atoms with Crippen molar-refractivity contribution < 1.29 is 4.79 Å². The highest BCUT2D eigenvalue weighted by molar-refractivity contribution is 9.12. The molecular formula is C15H10BrCl2NO. The van der Waals surface area contributed by atoms with Crippen molar-refractivity contribution in [3.05, 3.63) is 68.6 Å². The third kappa shape index (κ3) is 4.37. The average Bonchev–Trinajstić information content (AvgIpc) is 2.38. The summed E-state index contributed by atoms with van der Waals surface area (Å²) in [6.45, 7) is 0. The summed E-state index contributed by atoms with van der Waals surface area (Å²) in [6.07, 6.45) is 1.74. The fourth-order valence-corrected chi connectivity index (χ4v) is 2.47. The molecule has 2 nitrogen and oxygen atoms in total. The quantitative estimate of drug-likeness (QED) is 0.723. The van der Waals surface area contributed by atoms with Crippen LogP contribution in [-0.4, -0.2) is 5.91 Å². The molecule has 0 saturated heterocycles. The Bertz CT molecular complexity index is 636. The van der Waals surface area contributed by atoms with Crippen molar-refractivity contribution in [3.63, 3.8) is 0 Å². The van der Waals surface area contributed by atoms with Gasteiger partial charge in [0.05, 0.1) is 4.48 Å². The molecule has 0 radical (unpaired) electrons. The number of carbonyl (C=O) groups is 1. The molecule has 20 heavy (non-hydrogen) atoms. The molecule has 0 spiro atoms. The predicted octanol–water partition coefficient (Wildman–Crippen LogP) is 5.37. The van der Waals surface area contributed by atoms with Crippen LogP contribution in [0.1, 0.15) is 5.56 Å². The van der Waals surface area contributed by atoms with E-state index in [-0.39, 0.29) is 5.91 Å². The van der Waals surface area contributed by atoms with Crippen molar-refractivity contribution in [2.75, 3.05) is 5.32 Å². The van der Waals surface area contributed by atoms with Gasteiger partial charge in [0.25, 0.3) is 5.91 Å². The molecule has 0 atom stereocenters. The van der Waals surface area contributed by atoms with Gasteiger partial charge in [-0.15, -0.1) is 0 Å². The van der Waals surface area contributed by atoms with Gasteiger partial charge < -0.3 is 5.32 Å². The van der Waals surface area contributed by atoms with Crippen LogP contribution in [0.3, 0.4) is 0 Å². The van der Waals surface area contributed by atoms with E-state index in [1.807, 2.05) is 30.3 Å². The highest BCUT2D eigenvalue weighted by atomic mass is 79.9. The molecule has 2 aromatic rings. The van der Waals surface area contributed by atoms with Crippen molar-refractivity contribution >= 4 is 56.8 Å². The molecule has 102 valence electrons. The van der Waals surface area contributed by atoms with Crippen LogP contribution in [0, 0.1) is 0 Å². The Kier molecular flexibility index (Phi) is 5.24. The molecule has 2 rings (SSSR count). The highest BCUT2D eigenvalue weighted by Crippen LogP contribution is 2.23. The van der Waals surface area contributed by atoms with Gasteiger partial charge in [-0.3, -0.25) is 4.79 Å². The Labute approximate surface area is 135 Å². The molecule has 0 bridgehead atoms. The number of benzene rings is 2. The van der Waals surface area contributed by atoms with Gasteiger partial charge in [-0.05, 0) is 45.8 Å². The van der Waals surface area contributed by atoms with E-state index in [4.69, 9.17) is 23.2 Å². The summed E-state index contributed by atoms with van der Waals surface area (Å²) >= 11 is 15.0. The second-order valence-corrected chi connectivity index (χ2v) is 5.74. The summed E-state index contributed by atoms with van der Waals surface area (Å²) in [5, 5.41) is 3.66. The van der Waals surface area contributed by atoms with Gasteiger partial charge in [0, 0.05) is 15.7 Å². The first kappa shape index (κ1) is 15.1. The topological polar surface area (TPSA) is 29.1 Å². The standard InChI is InChI=1S/C15H10BrCl2NO/c16-14(6-10-4-2-1-3-5-10)15(20)19-13-8-11(17)7-12(18)9-13/h1-9H,(H,19,20)/b14-6-. The predicted molar refractivity (Wildman–Crippen MR) is 88.4 cm³/mol. The Hall–Kier alpha value is -1.29. The first-order valence-electron chi connectivity index (χ1n) is 5.74. The Morgan fingerprint density at radius 1 is 1.05 bits per heavy atom. The summed E-state index contributed by atoms with van der Waals surface area (Å²) in [5.74, 6) is -0.271. The van der Waals surface area contributed by atoms with Crippen molar-refractivity contribution in [3.8, 4) is 0 Å². The summed E-state index contributed by atoms with van der Waals surface area (Å²) < 4.78 is 0.416. The molecule has 0 aromatic heterocycles. The summed E-state index contributed by atoms with van der Waals surface area (Å²) in [4.78, 5) is 12.0. The first-order valence-corrected chi connectivity index (χ1v) is 7.29. The maximum absolute atomic E-state index is 12.0. The molecule has 0 unspecified atom stereocenters. The SMILES string of the molecule is O=C(Nc1cc(Cl)cc(Cl)c1)/C(Br)=C/c1ccccc1. The van der Waals surface area contributed by atoms with Crippen LogP contribution < -0.4 is 5.32 Å². The number of amides is 1. The lowest BCUT2D eigenvalue weighted by atomic mass is 10.2. The molecule has 0 saturated carbocycles. The van der Waals surface area contributed by atoms with Crippen LogP contribution in [-0.2, 0) is 4.79 Å². The second kappa shape index (κ2) is 6.93. The molecule has 2 aromatic carbocycles. The van der Waals surface area contributed by atoms with Gasteiger partial charge in [0.2, 0.25) is 0 Å². The molecule has 1 N–H and O–H groups in total. The molecule has 0 aliphatic heterocycles. The zero-order valence-corrected chi connectivity index (χ0v) is 13.3. The molecule has 0 aliphatic carbocycles. The van der Waals surface area contributed by atoms with Crippen molar-refractivity contribution in [1.82, 2.24) is 0 Å². The smallest absolute Gasteiger partial charge is 0.262 e. The monoisotopic (exact) mass is 369 g/mol. The van der Waals surface area contributed by atoms with E-state index in [1.54, 1.807) is 24.3 Å². The summed E-state index contributed by atoms with van der Waals surface area (Å²) in [6, 6.07) is 14.4. The molecular weight excluding hydrogens is 361 g/mol. The highest BCUT2D eigenvalue weighted by Gasteiger charge is 2.08. The molecule has 5 heteroatoms. The first-order chi connectivity index (χ1) is 9.54. The number of carbonyl (C=O) groups excluding carboxylic acids is 1. The third-order valence-electron chi connectivity index (χ3n) is 2.43. The average molecular weight is 371 g/mol. The van der Waals surface area contributed by atoms with Gasteiger partial charge in [-0.2, -0.15) is 0 Å². The van der Waals surface area contributed by atoms with Crippen LogP contribution in [0.5, 0.6) is 0 Å². The summed E-state index contributed by atoms with van der Waals surface area (Å²) in [5.41, 5.74) is 1.48. The number of nitrogens with one attached hydrogen (secondary N) is 1. The van der Waals surface area contributed by atoms with Crippen LogP contribution in [0.4, 0.5) is 5.69 Å². The normalized spacial score (nSPS) is 11.2. The van der Waals surface area contributed by atoms with Crippen molar-refractivity contribution in [2.24, 2.45) is 0 Å². The molecule has 0 aliphatic rings. The maximum atomic E-state index is 12.0. The van der Waals surface area contributed by atoms with Crippen LogP contribution >= 0.6 is 39.1 Å². The van der Waals surface area contributed by atoms with Crippen LogP contribution in [0.25, 0.3) is 6.08 Å². The fraction of sp³-hybridized carbons (Fsp3) is 0. The minimum Gasteiger partial charge on any atom is -0.321 e. The van der Waals surface area contributed by atoms with Gasteiger partial charge in [0.1, 0.15) is 0 Å². The minimum absolute atomic E-state index is 0.271. The van der Waals surface area contributed by atoms with E-state index in [9.17, 15) is 4.79 Å². The van der Waals surface area contributed by atoms with E-state index >= 15 is 0 Å². The van der Waals surface area contributed by atoms with Gasteiger partial charge in [-0.25, -0.2) is 0 Å².